The summed E-state index contributed by atoms with van der Waals surface area (Å²) >= 11 is 6.43. The van der Waals surface area contributed by atoms with Crippen molar-refractivity contribution in [2.75, 3.05) is 10.6 Å². The van der Waals surface area contributed by atoms with Gasteiger partial charge in [0.2, 0.25) is 5.91 Å². The lowest BCUT2D eigenvalue weighted by molar-refractivity contribution is -0.116. The van der Waals surface area contributed by atoms with Gasteiger partial charge in [-0.1, -0.05) is 23.7 Å². The average Bonchev–Trinajstić information content (AvgIpc) is 2.84. The number of benzene rings is 2. The number of nitrogens with zero attached hydrogens (tertiary/aromatic N) is 2. The van der Waals surface area contributed by atoms with Crippen molar-refractivity contribution >= 4 is 28.9 Å². The van der Waals surface area contributed by atoms with E-state index in [1.165, 1.54) is 6.07 Å². The van der Waals surface area contributed by atoms with E-state index >= 15 is 0 Å². The summed E-state index contributed by atoms with van der Waals surface area (Å²) in [5.41, 5.74) is 4.56. The van der Waals surface area contributed by atoms with Crippen molar-refractivity contribution < 1.29 is 9.18 Å². The average molecular weight is 399 g/mol. The maximum atomic E-state index is 14.3. The quantitative estimate of drug-likeness (QED) is 0.665. The van der Waals surface area contributed by atoms with Crippen LogP contribution in [-0.2, 0) is 24.8 Å². The monoisotopic (exact) mass is 398 g/mol. The fourth-order valence-electron chi connectivity index (χ4n) is 3.45. The van der Waals surface area contributed by atoms with Crippen molar-refractivity contribution in [3.63, 3.8) is 0 Å². The van der Waals surface area contributed by atoms with E-state index in [9.17, 15) is 9.18 Å². The Kier molecular flexibility index (Phi) is 5.05. The molecule has 2 N–H and O–H groups in total. The highest BCUT2D eigenvalue weighted by Gasteiger charge is 2.19. The van der Waals surface area contributed by atoms with Gasteiger partial charge in [0.15, 0.2) is 0 Å². The van der Waals surface area contributed by atoms with Gasteiger partial charge in [-0.2, -0.15) is 5.10 Å². The van der Waals surface area contributed by atoms with Gasteiger partial charge in [-0.25, -0.2) is 4.39 Å². The summed E-state index contributed by atoms with van der Waals surface area (Å²) in [4.78, 5) is 11.7. The van der Waals surface area contributed by atoms with Crippen LogP contribution in [0.5, 0.6) is 0 Å². The molecule has 2 heterocycles. The first kappa shape index (κ1) is 18.5. The van der Waals surface area contributed by atoms with E-state index in [1.54, 1.807) is 29.9 Å². The lowest BCUT2D eigenvalue weighted by Gasteiger charge is -2.12. The Morgan fingerprint density at radius 3 is 2.89 bits per heavy atom. The topological polar surface area (TPSA) is 59.0 Å². The summed E-state index contributed by atoms with van der Waals surface area (Å²) in [7, 11) is 1.74. The van der Waals surface area contributed by atoms with Crippen LogP contribution >= 0.6 is 11.6 Å². The molecule has 0 unspecified atom stereocenters. The number of carbonyl (C=O) groups excluding carboxylic acids is 1. The molecule has 2 aromatic carbocycles. The van der Waals surface area contributed by atoms with E-state index in [2.05, 4.69) is 15.7 Å². The van der Waals surface area contributed by atoms with Crippen molar-refractivity contribution in [3.8, 4) is 11.3 Å². The Morgan fingerprint density at radius 1 is 1.25 bits per heavy atom. The lowest BCUT2D eigenvalue weighted by Crippen LogP contribution is -2.09. The minimum atomic E-state index is -0.334. The molecule has 3 aromatic rings. The van der Waals surface area contributed by atoms with Crippen LogP contribution in [0.2, 0.25) is 5.15 Å². The molecule has 0 atom stereocenters. The SMILES string of the molecule is Cn1nc(-c2ccccc2F)c(CNc2ccc3c(c2)CCCC(=O)N3)c1Cl. The largest absolute Gasteiger partial charge is 0.381 e. The van der Waals surface area contributed by atoms with Gasteiger partial charge < -0.3 is 10.6 Å². The maximum Gasteiger partial charge on any atom is 0.224 e. The van der Waals surface area contributed by atoms with Crippen molar-refractivity contribution in [1.29, 1.82) is 0 Å². The zero-order valence-electron chi connectivity index (χ0n) is 15.4. The number of nitrogens with one attached hydrogen (secondary N) is 2. The molecule has 4 rings (SSSR count). The molecule has 1 amide bonds. The van der Waals surface area contributed by atoms with Crippen LogP contribution in [0, 0.1) is 5.82 Å². The summed E-state index contributed by atoms with van der Waals surface area (Å²) < 4.78 is 15.8. The van der Waals surface area contributed by atoms with Gasteiger partial charge in [0.05, 0.1) is 0 Å². The number of amides is 1. The van der Waals surface area contributed by atoms with E-state index in [-0.39, 0.29) is 11.7 Å². The van der Waals surface area contributed by atoms with Gasteiger partial charge in [-0.3, -0.25) is 9.48 Å². The summed E-state index contributed by atoms with van der Waals surface area (Å²) in [6.45, 7) is 0.404. The molecule has 1 aliphatic heterocycles. The van der Waals surface area contributed by atoms with E-state index in [4.69, 9.17) is 11.6 Å². The van der Waals surface area contributed by atoms with E-state index in [1.807, 2.05) is 18.2 Å². The molecular weight excluding hydrogens is 379 g/mol. The number of fused-ring (bicyclic) bond motifs is 1. The van der Waals surface area contributed by atoms with Crippen molar-refractivity contribution in [2.45, 2.75) is 25.8 Å². The van der Waals surface area contributed by atoms with Crippen LogP contribution in [0.1, 0.15) is 24.0 Å². The number of carbonyl (C=O) groups is 1. The number of hydrogen-bond acceptors (Lipinski definition) is 3. The molecule has 0 spiro atoms. The Hall–Kier alpha value is -2.86. The summed E-state index contributed by atoms with van der Waals surface area (Å²) in [6, 6.07) is 12.4. The molecule has 28 heavy (non-hydrogen) atoms. The Bertz CT molecular complexity index is 1050. The first-order chi connectivity index (χ1) is 13.5. The minimum absolute atomic E-state index is 0.0520. The van der Waals surface area contributed by atoms with Gasteiger partial charge >= 0.3 is 0 Å². The zero-order chi connectivity index (χ0) is 19.7. The van der Waals surface area contributed by atoms with Gasteiger partial charge in [0.25, 0.3) is 0 Å². The van der Waals surface area contributed by atoms with E-state index in [0.29, 0.717) is 29.4 Å². The Morgan fingerprint density at radius 2 is 2.07 bits per heavy atom. The van der Waals surface area contributed by atoms with Crippen LogP contribution in [0.4, 0.5) is 15.8 Å². The highest BCUT2D eigenvalue weighted by atomic mass is 35.5. The van der Waals surface area contributed by atoms with Crippen LogP contribution in [-0.4, -0.2) is 15.7 Å². The minimum Gasteiger partial charge on any atom is -0.381 e. The van der Waals surface area contributed by atoms with Crippen LogP contribution in [0.15, 0.2) is 42.5 Å². The predicted molar refractivity (Wildman–Crippen MR) is 109 cm³/mol. The maximum absolute atomic E-state index is 14.3. The molecule has 7 heteroatoms. The normalized spacial score (nSPS) is 13.6. The first-order valence-corrected chi connectivity index (χ1v) is 9.53. The fraction of sp³-hybridized carbons (Fsp3) is 0.238. The predicted octanol–water partition coefficient (Wildman–Crippen LogP) is 4.77. The second-order valence-electron chi connectivity index (χ2n) is 6.85. The summed E-state index contributed by atoms with van der Waals surface area (Å²) in [6.07, 6.45) is 2.21. The lowest BCUT2D eigenvalue weighted by atomic mass is 10.1. The molecule has 0 aliphatic carbocycles. The van der Waals surface area contributed by atoms with Gasteiger partial charge in [-0.15, -0.1) is 0 Å². The zero-order valence-corrected chi connectivity index (χ0v) is 16.2. The summed E-state index contributed by atoms with van der Waals surface area (Å²) in [5.74, 6) is -0.282. The third-order valence-corrected chi connectivity index (χ3v) is 5.37. The van der Waals surface area contributed by atoms with Crippen molar-refractivity contribution in [3.05, 3.63) is 64.6 Å². The molecule has 0 saturated carbocycles. The number of halogens is 2. The van der Waals surface area contributed by atoms with Crippen molar-refractivity contribution in [1.82, 2.24) is 9.78 Å². The molecule has 0 radical (unpaired) electrons. The van der Waals surface area contributed by atoms with Crippen LogP contribution in [0.25, 0.3) is 11.3 Å². The highest BCUT2D eigenvalue weighted by Crippen LogP contribution is 2.31. The fourth-order valence-corrected chi connectivity index (χ4v) is 3.64. The number of anilines is 2. The molecule has 5 nitrogen and oxygen atoms in total. The molecule has 1 aromatic heterocycles. The third kappa shape index (κ3) is 3.60. The van der Waals surface area contributed by atoms with Gasteiger partial charge in [-0.05, 0) is 48.7 Å². The number of aryl methyl sites for hydroxylation is 2. The van der Waals surface area contributed by atoms with Crippen LogP contribution in [0.3, 0.4) is 0 Å². The highest BCUT2D eigenvalue weighted by molar-refractivity contribution is 6.30. The standard InChI is InChI=1S/C21H20ClFN4O/c1-27-21(22)16(20(26-27)15-6-2-3-7-17(15)23)12-24-14-9-10-18-13(11-14)5-4-8-19(28)25-18/h2-3,6-7,9-11,24H,4-5,8,12H2,1H3,(H,25,28). The Balaban J connectivity index is 1.60. The van der Waals surface area contributed by atoms with E-state index in [0.717, 1.165) is 35.3 Å². The third-order valence-electron chi connectivity index (χ3n) is 4.90. The molecule has 1 aliphatic rings. The second-order valence-corrected chi connectivity index (χ2v) is 7.21. The molecule has 144 valence electrons. The molecule has 0 bridgehead atoms. The first-order valence-electron chi connectivity index (χ1n) is 9.16. The van der Waals surface area contributed by atoms with E-state index < -0.39 is 0 Å². The smallest absolute Gasteiger partial charge is 0.224 e. The second kappa shape index (κ2) is 7.64. The van der Waals surface area contributed by atoms with Crippen molar-refractivity contribution in [2.24, 2.45) is 7.05 Å². The summed E-state index contributed by atoms with van der Waals surface area (Å²) in [5, 5.41) is 11.2. The number of hydrogen-bond donors (Lipinski definition) is 2. The number of rotatable bonds is 4. The molecular formula is C21H20ClFN4O. The van der Waals surface area contributed by atoms with Gasteiger partial charge in [0, 0.05) is 42.5 Å². The van der Waals surface area contributed by atoms with Gasteiger partial charge in [0.1, 0.15) is 16.7 Å². The van der Waals surface area contributed by atoms with Crippen LogP contribution < -0.4 is 10.6 Å². The number of aromatic nitrogens is 2. The molecule has 0 saturated heterocycles. The molecule has 0 fully saturated rings. The Labute approximate surface area is 167 Å².